The largest absolute Gasteiger partial charge is 0.357 e. The summed E-state index contributed by atoms with van der Waals surface area (Å²) in [6.45, 7) is 5.78. The Morgan fingerprint density at radius 3 is 2.58 bits per heavy atom. The summed E-state index contributed by atoms with van der Waals surface area (Å²) in [5.74, 6) is 1.88. The molecule has 3 rings (SSSR count). The molecule has 6 nitrogen and oxygen atoms in total. The highest BCUT2D eigenvalue weighted by Crippen LogP contribution is 2.21. The summed E-state index contributed by atoms with van der Waals surface area (Å²) in [4.78, 5) is 21.4. The van der Waals surface area contributed by atoms with Gasteiger partial charge in [0.1, 0.15) is 5.82 Å². The van der Waals surface area contributed by atoms with Gasteiger partial charge in [-0.1, -0.05) is 0 Å². The van der Waals surface area contributed by atoms with Gasteiger partial charge in [-0.2, -0.15) is 0 Å². The lowest BCUT2D eigenvalue weighted by Crippen LogP contribution is -2.39. The van der Waals surface area contributed by atoms with Crippen LogP contribution in [0.1, 0.15) is 38.5 Å². The zero-order valence-corrected chi connectivity index (χ0v) is 16.0. The van der Waals surface area contributed by atoms with Crippen molar-refractivity contribution >= 4 is 17.4 Å². The van der Waals surface area contributed by atoms with Crippen LogP contribution in [0.5, 0.6) is 0 Å². The number of carbonyl (C=O) groups is 1. The van der Waals surface area contributed by atoms with Crippen molar-refractivity contribution in [2.45, 2.75) is 38.5 Å². The number of nitrogens with one attached hydrogen (secondary N) is 2. The number of rotatable bonds is 7. The van der Waals surface area contributed by atoms with Crippen LogP contribution in [-0.2, 0) is 4.79 Å². The molecule has 0 radical (unpaired) electrons. The molecule has 6 heteroatoms. The first-order chi connectivity index (χ1) is 12.7. The van der Waals surface area contributed by atoms with Crippen LogP contribution in [-0.4, -0.2) is 62.1 Å². The molecule has 1 aromatic heterocycles. The third-order valence-corrected chi connectivity index (χ3v) is 5.59. The monoisotopic (exact) mass is 359 g/mol. The summed E-state index contributed by atoms with van der Waals surface area (Å²) >= 11 is 0. The molecule has 3 heterocycles. The standard InChI is InChI=1S/C20H33N5O/c1-21-10-7-17-8-13-24(14-9-17)16-20(26)23-18-5-6-19(22-15-18)25-11-3-2-4-12-25/h5-6,15,17,21H,2-4,7-14,16H2,1H3,(H,23,26). The Kier molecular flexibility index (Phi) is 7.26. The average Bonchev–Trinajstić information content (AvgIpc) is 2.69. The second-order valence-corrected chi connectivity index (χ2v) is 7.61. The molecule has 0 spiro atoms. The molecule has 26 heavy (non-hydrogen) atoms. The molecule has 0 unspecified atom stereocenters. The number of hydrogen-bond donors (Lipinski definition) is 2. The van der Waals surface area contributed by atoms with E-state index in [1.165, 1.54) is 38.5 Å². The predicted molar refractivity (Wildman–Crippen MR) is 107 cm³/mol. The lowest BCUT2D eigenvalue weighted by molar-refractivity contribution is -0.117. The summed E-state index contributed by atoms with van der Waals surface area (Å²) < 4.78 is 0. The lowest BCUT2D eigenvalue weighted by Gasteiger charge is -2.31. The van der Waals surface area contributed by atoms with Gasteiger partial charge in [0.2, 0.25) is 5.91 Å². The molecule has 0 saturated carbocycles. The van der Waals surface area contributed by atoms with E-state index in [-0.39, 0.29) is 5.91 Å². The van der Waals surface area contributed by atoms with Crippen molar-refractivity contribution in [1.29, 1.82) is 0 Å². The van der Waals surface area contributed by atoms with Gasteiger partial charge in [-0.3, -0.25) is 9.69 Å². The number of piperidine rings is 2. The fraction of sp³-hybridized carbons (Fsp3) is 0.700. The normalized spacial score (nSPS) is 19.5. The molecule has 0 atom stereocenters. The van der Waals surface area contributed by atoms with Crippen molar-refractivity contribution in [3.63, 3.8) is 0 Å². The highest BCUT2D eigenvalue weighted by atomic mass is 16.2. The first-order valence-electron chi connectivity index (χ1n) is 10.1. The van der Waals surface area contributed by atoms with Crippen LogP contribution in [0, 0.1) is 5.92 Å². The van der Waals surface area contributed by atoms with E-state index >= 15 is 0 Å². The van der Waals surface area contributed by atoms with Gasteiger partial charge in [0.25, 0.3) is 0 Å². The van der Waals surface area contributed by atoms with Crippen LogP contribution >= 0.6 is 0 Å². The van der Waals surface area contributed by atoms with Crippen LogP contribution < -0.4 is 15.5 Å². The summed E-state index contributed by atoms with van der Waals surface area (Å²) in [6, 6.07) is 3.99. The van der Waals surface area contributed by atoms with Crippen LogP contribution in [0.15, 0.2) is 18.3 Å². The van der Waals surface area contributed by atoms with Crippen molar-refractivity contribution < 1.29 is 4.79 Å². The van der Waals surface area contributed by atoms with Gasteiger partial charge in [0, 0.05) is 13.1 Å². The lowest BCUT2D eigenvalue weighted by atomic mass is 9.93. The third-order valence-electron chi connectivity index (χ3n) is 5.59. The van der Waals surface area contributed by atoms with Gasteiger partial charge in [-0.25, -0.2) is 4.98 Å². The summed E-state index contributed by atoms with van der Waals surface area (Å²) in [5.41, 5.74) is 0.791. The number of anilines is 2. The number of pyridine rings is 1. The summed E-state index contributed by atoms with van der Waals surface area (Å²) in [6.07, 6.45) is 9.22. The maximum Gasteiger partial charge on any atom is 0.238 e. The first kappa shape index (κ1) is 19.1. The minimum Gasteiger partial charge on any atom is -0.357 e. The van der Waals surface area contributed by atoms with Gasteiger partial charge in [0.15, 0.2) is 0 Å². The zero-order chi connectivity index (χ0) is 18.2. The van der Waals surface area contributed by atoms with E-state index in [1.807, 2.05) is 19.2 Å². The molecule has 1 aromatic rings. The Morgan fingerprint density at radius 2 is 1.92 bits per heavy atom. The van der Waals surface area contributed by atoms with Gasteiger partial charge in [0.05, 0.1) is 18.4 Å². The molecule has 2 fully saturated rings. The van der Waals surface area contributed by atoms with Crippen LogP contribution in [0.3, 0.4) is 0 Å². The number of aromatic nitrogens is 1. The maximum atomic E-state index is 12.3. The molecular formula is C20H33N5O. The van der Waals surface area contributed by atoms with E-state index in [9.17, 15) is 4.79 Å². The average molecular weight is 360 g/mol. The number of amides is 1. The molecule has 2 aliphatic rings. The maximum absolute atomic E-state index is 12.3. The minimum atomic E-state index is 0.0613. The Hall–Kier alpha value is -1.66. The van der Waals surface area contributed by atoms with E-state index < -0.39 is 0 Å². The number of hydrogen-bond acceptors (Lipinski definition) is 5. The molecule has 0 bridgehead atoms. The Balaban J connectivity index is 1.41. The fourth-order valence-corrected chi connectivity index (χ4v) is 3.96. The van der Waals surface area contributed by atoms with Crippen molar-refractivity contribution in [3.8, 4) is 0 Å². The van der Waals surface area contributed by atoms with E-state index in [1.54, 1.807) is 6.20 Å². The minimum absolute atomic E-state index is 0.0613. The van der Waals surface area contributed by atoms with Gasteiger partial charge in [-0.15, -0.1) is 0 Å². The molecule has 0 aliphatic carbocycles. The van der Waals surface area contributed by atoms with E-state index in [0.29, 0.717) is 6.54 Å². The van der Waals surface area contributed by atoms with Gasteiger partial charge in [-0.05, 0) is 83.3 Å². The number of carbonyl (C=O) groups excluding carboxylic acids is 1. The van der Waals surface area contributed by atoms with Crippen molar-refractivity contribution in [3.05, 3.63) is 18.3 Å². The molecular weight excluding hydrogens is 326 g/mol. The van der Waals surface area contributed by atoms with E-state index in [4.69, 9.17) is 0 Å². The van der Waals surface area contributed by atoms with Crippen molar-refractivity contribution in [2.75, 3.05) is 56.5 Å². The first-order valence-corrected chi connectivity index (χ1v) is 10.1. The van der Waals surface area contributed by atoms with Crippen LogP contribution in [0.2, 0.25) is 0 Å². The van der Waals surface area contributed by atoms with Crippen LogP contribution in [0.25, 0.3) is 0 Å². The SMILES string of the molecule is CNCCC1CCN(CC(=O)Nc2ccc(N3CCCCC3)nc2)CC1. The zero-order valence-electron chi connectivity index (χ0n) is 16.0. The topological polar surface area (TPSA) is 60.5 Å². The predicted octanol–water partition coefficient (Wildman–Crippen LogP) is 2.33. The highest BCUT2D eigenvalue weighted by Gasteiger charge is 2.20. The number of nitrogens with zero attached hydrogens (tertiary/aromatic N) is 3. The highest BCUT2D eigenvalue weighted by molar-refractivity contribution is 5.92. The number of likely N-dealkylation sites (tertiary alicyclic amines) is 1. The quantitative estimate of drug-likeness (QED) is 0.782. The molecule has 2 saturated heterocycles. The van der Waals surface area contributed by atoms with Crippen molar-refractivity contribution in [2.24, 2.45) is 5.92 Å². The summed E-state index contributed by atoms with van der Waals surface area (Å²) in [7, 11) is 2.01. The molecule has 0 aromatic carbocycles. The Labute approximate surface area is 157 Å². The second-order valence-electron chi connectivity index (χ2n) is 7.61. The molecule has 144 valence electrons. The smallest absolute Gasteiger partial charge is 0.238 e. The third kappa shape index (κ3) is 5.68. The molecule has 2 N–H and O–H groups in total. The molecule has 1 amide bonds. The fourth-order valence-electron chi connectivity index (χ4n) is 3.96. The van der Waals surface area contributed by atoms with Gasteiger partial charge < -0.3 is 15.5 Å². The van der Waals surface area contributed by atoms with Crippen LogP contribution in [0.4, 0.5) is 11.5 Å². The van der Waals surface area contributed by atoms with Crippen molar-refractivity contribution in [1.82, 2.24) is 15.2 Å². The van der Waals surface area contributed by atoms with E-state index in [0.717, 1.165) is 50.1 Å². The summed E-state index contributed by atoms with van der Waals surface area (Å²) in [5, 5.41) is 6.22. The Morgan fingerprint density at radius 1 is 1.15 bits per heavy atom. The Bertz CT molecular complexity index is 548. The van der Waals surface area contributed by atoms with E-state index in [2.05, 4.69) is 25.4 Å². The van der Waals surface area contributed by atoms with Gasteiger partial charge >= 0.3 is 0 Å². The second kappa shape index (κ2) is 9.88. The molecule has 2 aliphatic heterocycles.